The number of para-hydroxylation sites is 1. The summed E-state index contributed by atoms with van der Waals surface area (Å²) in [5.74, 6) is -1.34. The summed E-state index contributed by atoms with van der Waals surface area (Å²) in [6.45, 7) is 0.929. The summed E-state index contributed by atoms with van der Waals surface area (Å²) in [6, 6.07) is 18.2. The van der Waals surface area contributed by atoms with Crippen LogP contribution in [0.15, 0.2) is 86.8 Å². The molecular formula is C26H19FN4O5. The van der Waals surface area contributed by atoms with Crippen LogP contribution in [0.1, 0.15) is 6.92 Å². The predicted octanol–water partition coefficient (Wildman–Crippen LogP) is 3.63. The van der Waals surface area contributed by atoms with Crippen LogP contribution in [0.25, 0.3) is 27.8 Å². The van der Waals surface area contributed by atoms with Gasteiger partial charge in [0, 0.05) is 23.7 Å². The van der Waals surface area contributed by atoms with Gasteiger partial charge >= 0.3 is 11.2 Å². The summed E-state index contributed by atoms with van der Waals surface area (Å²) in [4.78, 5) is 51.2. The van der Waals surface area contributed by atoms with E-state index in [1.165, 1.54) is 19.1 Å². The van der Waals surface area contributed by atoms with Crippen LogP contribution in [-0.2, 0) is 16.1 Å². The number of carbonyl (C=O) groups is 2. The van der Waals surface area contributed by atoms with Gasteiger partial charge in [-0.25, -0.2) is 13.8 Å². The van der Waals surface area contributed by atoms with Crippen molar-refractivity contribution in [3.63, 3.8) is 0 Å². The van der Waals surface area contributed by atoms with Crippen LogP contribution in [-0.4, -0.2) is 20.9 Å². The van der Waals surface area contributed by atoms with Gasteiger partial charge in [-0.3, -0.25) is 19.0 Å². The van der Waals surface area contributed by atoms with Gasteiger partial charge in [-0.1, -0.05) is 18.2 Å². The molecule has 0 radical (unpaired) electrons. The van der Waals surface area contributed by atoms with E-state index in [0.717, 1.165) is 21.3 Å². The molecule has 0 aliphatic carbocycles. The number of halogens is 1. The summed E-state index contributed by atoms with van der Waals surface area (Å²) >= 11 is 0. The minimum Gasteiger partial charge on any atom is -0.449 e. The van der Waals surface area contributed by atoms with Crippen LogP contribution in [0.3, 0.4) is 0 Å². The second kappa shape index (κ2) is 8.99. The SMILES string of the molecule is CC(=O)Nc1cccc(NC(=O)Cn2c(=O)n(-c3ccc(F)cc3)c(=O)c3oc4ccccc4c32)c1. The summed E-state index contributed by atoms with van der Waals surface area (Å²) in [6.07, 6.45) is 0. The number of anilines is 2. The third-order valence-corrected chi connectivity index (χ3v) is 5.51. The van der Waals surface area contributed by atoms with E-state index in [1.807, 2.05) is 0 Å². The van der Waals surface area contributed by atoms with Crippen molar-refractivity contribution in [2.75, 3.05) is 10.6 Å². The molecule has 0 aliphatic heterocycles. The highest BCUT2D eigenvalue weighted by Gasteiger charge is 2.22. The Morgan fingerprint density at radius 2 is 1.61 bits per heavy atom. The molecule has 0 bridgehead atoms. The Bertz CT molecular complexity index is 1770. The van der Waals surface area contributed by atoms with E-state index < -0.39 is 29.5 Å². The Morgan fingerprint density at radius 3 is 2.33 bits per heavy atom. The number of amides is 2. The fraction of sp³-hybridized carbons (Fsp3) is 0.0769. The molecule has 0 fully saturated rings. The highest BCUT2D eigenvalue weighted by atomic mass is 19.1. The number of nitrogens with one attached hydrogen (secondary N) is 2. The second-order valence-corrected chi connectivity index (χ2v) is 8.07. The summed E-state index contributed by atoms with van der Waals surface area (Å²) in [7, 11) is 0. The maximum Gasteiger partial charge on any atom is 0.336 e. The molecule has 0 atom stereocenters. The van der Waals surface area contributed by atoms with Crippen molar-refractivity contribution in [3.8, 4) is 5.69 Å². The lowest BCUT2D eigenvalue weighted by molar-refractivity contribution is -0.117. The van der Waals surface area contributed by atoms with E-state index in [0.29, 0.717) is 22.3 Å². The average molecular weight is 486 g/mol. The maximum atomic E-state index is 13.6. The van der Waals surface area contributed by atoms with Crippen molar-refractivity contribution < 1.29 is 18.4 Å². The molecule has 0 saturated carbocycles. The topological polar surface area (TPSA) is 115 Å². The van der Waals surface area contributed by atoms with Gasteiger partial charge in [0.05, 0.1) is 5.69 Å². The van der Waals surface area contributed by atoms with Gasteiger partial charge in [0.2, 0.25) is 17.4 Å². The first kappa shape index (κ1) is 22.8. The lowest BCUT2D eigenvalue weighted by Crippen LogP contribution is -2.40. The first-order chi connectivity index (χ1) is 17.3. The van der Waals surface area contributed by atoms with E-state index >= 15 is 0 Å². The van der Waals surface area contributed by atoms with E-state index in [4.69, 9.17) is 4.42 Å². The molecular weight excluding hydrogens is 467 g/mol. The first-order valence-corrected chi connectivity index (χ1v) is 10.9. The third kappa shape index (κ3) is 4.16. The maximum absolute atomic E-state index is 13.6. The minimum absolute atomic E-state index is 0.111. The number of rotatable bonds is 5. The monoisotopic (exact) mass is 486 g/mol. The molecule has 10 heteroatoms. The van der Waals surface area contributed by atoms with Crippen LogP contribution >= 0.6 is 0 Å². The molecule has 3 aromatic carbocycles. The number of fused-ring (bicyclic) bond motifs is 3. The summed E-state index contributed by atoms with van der Waals surface area (Å²) < 4.78 is 21.3. The van der Waals surface area contributed by atoms with E-state index in [9.17, 15) is 23.6 Å². The Morgan fingerprint density at radius 1 is 0.917 bits per heavy atom. The molecule has 180 valence electrons. The van der Waals surface area contributed by atoms with Crippen molar-refractivity contribution in [2.24, 2.45) is 0 Å². The van der Waals surface area contributed by atoms with Gasteiger partial charge < -0.3 is 15.1 Å². The zero-order chi connectivity index (χ0) is 25.4. The Kier molecular flexibility index (Phi) is 5.69. The number of nitrogens with zero attached hydrogens (tertiary/aromatic N) is 2. The predicted molar refractivity (Wildman–Crippen MR) is 133 cm³/mol. The lowest BCUT2D eigenvalue weighted by Gasteiger charge is -2.13. The molecule has 36 heavy (non-hydrogen) atoms. The number of hydrogen-bond donors (Lipinski definition) is 2. The summed E-state index contributed by atoms with van der Waals surface area (Å²) in [5.41, 5.74) is -0.0408. The molecule has 0 unspecified atom stereocenters. The molecule has 0 aliphatic rings. The largest absolute Gasteiger partial charge is 0.449 e. The quantitative estimate of drug-likeness (QED) is 0.394. The van der Waals surface area contributed by atoms with Crippen molar-refractivity contribution in [1.82, 2.24) is 9.13 Å². The fourth-order valence-corrected chi connectivity index (χ4v) is 4.04. The molecule has 2 heterocycles. The number of carbonyl (C=O) groups excluding carboxylic acids is 2. The normalized spacial score (nSPS) is 11.1. The average Bonchev–Trinajstić information content (AvgIpc) is 3.23. The fourth-order valence-electron chi connectivity index (χ4n) is 4.04. The van der Waals surface area contributed by atoms with Crippen molar-refractivity contribution in [1.29, 1.82) is 0 Å². The van der Waals surface area contributed by atoms with Gasteiger partial charge in [-0.2, -0.15) is 0 Å². The number of furan rings is 1. The molecule has 2 amide bonds. The number of benzene rings is 3. The van der Waals surface area contributed by atoms with Gasteiger partial charge in [0.15, 0.2) is 0 Å². The summed E-state index contributed by atoms with van der Waals surface area (Å²) in [5, 5.41) is 5.83. The van der Waals surface area contributed by atoms with E-state index in [1.54, 1.807) is 48.5 Å². The van der Waals surface area contributed by atoms with Gasteiger partial charge in [0.1, 0.15) is 23.5 Å². The Balaban J connectivity index is 1.63. The minimum atomic E-state index is -0.784. The number of hydrogen-bond acceptors (Lipinski definition) is 5. The van der Waals surface area contributed by atoms with Crippen LogP contribution in [0.2, 0.25) is 0 Å². The van der Waals surface area contributed by atoms with Crippen LogP contribution in [0.4, 0.5) is 15.8 Å². The lowest BCUT2D eigenvalue weighted by atomic mass is 10.2. The molecule has 5 aromatic rings. The highest BCUT2D eigenvalue weighted by molar-refractivity contribution is 6.03. The van der Waals surface area contributed by atoms with E-state index in [2.05, 4.69) is 10.6 Å². The molecule has 2 N–H and O–H groups in total. The van der Waals surface area contributed by atoms with Crippen molar-refractivity contribution in [2.45, 2.75) is 13.5 Å². The van der Waals surface area contributed by atoms with Gasteiger partial charge in [-0.15, -0.1) is 0 Å². The number of aromatic nitrogens is 2. The molecule has 5 rings (SSSR count). The smallest absolute Gasteiger partial charge is 0.336 e. The highest BCUT2D eigenvalue weighted by Crippen LogP contribution is 2.26. The first-order valence-electron chi connectivity index (χ1n) is 10.9. The van der Waals surface area contributed by atoms with Crippen LogP contribution in [0.5, 0.6) is 0 Å². The molecule has 0 saturated heterocycles. The molecule has 0 spiro atoms. The van der Waals surface area contributed by atoms with Gasteiger partial charge in [-0.05, 0) is 54.6 Å². The molecule has 2 aromatic heterocycles. The van der Waals surface area contributed by atoms with Crippen molar-refractivity contribution >= 4 is 45.3 Å². The third-order valence-electron chi connectivity index (χ3n) is 5.51. The standard InChI is InChI=1S/C26H19FN4O5/c1-15(32)28-17-5-4-6-18(13-17)29-22(33)14-30-23-20-7-2-3-8-21(20)36-24(23)25(34)31(26(30)35)19-11-9-16(27)10-12-19/h2-13H,14H2,1H3,(H,28,32)(H,29,33). The molecule has 9 nitrogen and oxygen atoms in total. The van der Waals surface area contributed by atoms with Crippen molar-refractivity contribution in [3.05, 3.63) is 99.5 Å². The zero-order valence-electron chi connectivity index (χ0n) is 18.9. The Labute approximate surface area is 202 Å². The zero-order valence-corrected chi connectivity index (χ0v) is 18.9. The van der Waals surface area contributed by atoms with Crippen LogP contribution in [0, 0.1) is 5.82 Å². The Hall–Kier alpha value is -4.99. The van der Waals surface area contributed by atoms with Crippen LogP contribution < -0.4 is 21.9 Å². The van der Waals surface area contributed by atoms with Gasteiger partial charge in [0.25, 0.3) is 0 Å². The second-order valence-electron chi connectivity index (χ2n) is 8.07. The van der Waals surface area contributed by atoms with E-state index in [-0.39, 0.29) is 22.7 Å².